The third-order valence-electron chi connectivity index (χ3n) is 3.89. The highest BCUT2D eigenvalue weighted by atomic mass is 35.5. The lowest BCUT2D eigenvalue weighted by Crippen LogP contribution is -2.34. The molecule has 4 nitrogen and oxygen atoms in total. The molecule has 5 heteroatoms. The maximum absolute atomic E-state index is 9.89. The average molecular weight is 327 g/mol. The molecule has 0 amide bonds. The van der Waals surface area contributed by atoms with Crippen molar-refractivity contribution >= 4 is 11.6 Å². The Balaban J connectivity index is 1.89. The van der Waals surface area contributed by atoms with Crippen molar-refractivity contribution in [1.82, 2.24) is 10.2 Å². The minimum absolute atomic E-state index is 0.333. The third-order valence-corrected chi connectivity index (χ3v) is 4.12. The first-order valence-electron chi connectivity index (χ1n) is 8.03. The number of ether oxygens (including phenoxy) is 1. The molecular formula is C17H27ClN2O2. The van der Waals surface area contributed by atoms with Gasteiger partial charge in [0.05, 0.1) is 12.2 Å². The lowest BCUT2D eigenvalue weighted by molar-refractivity contribution is 0.134. The molecule has 0 bridgehead atoms. The van der Waals surface area contributed by atoms with E-state index in [0.717, 1.165) is 24.2 Å². The fourth-order valence-corrected chi connectivity index (χ4v) is 3.04. The van der Waals surface area contributed by atoms with Crippen LogP contribution < -0.4 is 10.1 Å². The Morgan fingerprint density at radius 3 is 2.77 bits per heavy atom. The number of nitrogens with zero attached hydrogens (tertiary/aromatic N) is 1. The Bertz CT molecular complexity index is 462. The van der Waals surface area contributed by atoms with Crippen LogP contribution in [0.2, 0.25) is 5.02 Å². The van der Waals surface area contributed by atoms with Crippen LogP contribution >= 0.6 is 11.6 Å². The molecule has 1 aliphatic carbocycles. The fourth-order valence-electron chi connectivity index (χ4n) is 2.85. The van der Waals surface area contributed by atoms with Crippen molar-refractivity contribution in [3.63, 3.8) is 0 Å². The number of hydrogen-bond donors (Lipinski definition) is 2. The van der Waals surface area contributed by atoms with Gasteiger partial charge in [-0.05, 0) is 58.0 Å². The van der Waals surface area contributed by atoms with Gasteiger partial charge in [0.15, 0.2) is 0 Å². The summed E-state index contributed by atoms with van der Waals surface area (Å²) in [5.41, 5.74) is 1.05. The van der Waals surface area contributed by atoms with Crippen molar-refractivity contribution in [3.8, 4) is 5.75 Å². The van der Waals surface area contributed by atoms with Crippen LogP contribution in [-0.2, 0) is 6.54 Å². The number of halogens is 1. The van der Waals surface area contributed by atoms with Gasteiger partial charge in [0.25, 0.3) is 0 Å². The van der Waals surface area contributed by atoms with Gasteiger partial charge in [0.2, 0.25) is 0 Å². The third kappa shape index (κ3) is 5.76. The summed E-state index contributed by atoms with van der Waals surface area (Å²) in [5, 5.41) is 13.9. The Morgan fingerprint density at radius 2 is 2.09 bits per heavy atom. The van der Waals surface area contributed by atoms with Crippen LogP contribution in [0.3, 0.4) is 0 Å². The quantitative estimate of drug-likeness (QED) is 0.771. The van der Waals surface area contributed by atoms with Crippen LogP contribution in [0.5, 0.6) is 5.75 Å². The molecule has 2 N–H and O–H groups in total. The SMILES string of the molecule is CN(C)CC(O)CNCc1cc(Cl)ccc1OC1CCCC1. The van der Waals surface area contributed by atoms with Gasteiger partial charge >= 0.3 is 0 Å². The van der Waals surface area contributed by atoms with Crippen LogP contribution in [0.25, 0.3) is 0 Å². The molecule has 0 aromatic heterocycles. The zero-order valence-electron chi connectivity index (χ0n) is 13.5. The van der Waals surface area contributed by atoms with Gasteiger partial charge in [-0.15, -0.1) is 0 Å². The minimum atomic E-state index is -0.381. The predicted octanol–water partition coefficient (Wildman–Crippen LogP) is 2.67. The van der Waals surface area contributed by atoms with Crippen LogP contribution in [-0.4, -0.2) is 49.4 Å². The first-order valence-corrected chi connectivity index (χ1v) is 8.41. The van der Waals surface area contributed by atoms with Gasteiger partial charge < -0.3 is 20.1 Å². The number of aliphatic hydroxyl groups excluding tert-OH is 1. The minimum Gasteiger partial charge on any atom is -0.490 e. The van der Waals surface area contributed by atoms with E-state index in [1.807, 2.05) is 37.2 Å². The molecule has 1 aromatic rings. The van der Waals surface area contributed by atoms with E-state index < -0.39 is 0 Å². The van der Waals surface area contributed by atoms with Crippen LogP contribution in [0.15, 0.2) is 18.2 Å². The summed E-state index contributed by atoms with van der Waals surface area (Å²) in [7, 11) is 3.90. The lowest BCUT2D eigenvalue weighted by Gasteiger charge is -2.19. The van der Waals surface area contributed by atoms with Crippen molar-refractivity contribution in [2.75, 3.05) is 27.2 Å². The number of nitrogens with one attached hydrogen (secondary N) is 1. The molecule has 0 heterocycles. The first-order chi connectivity index (χ1) is 10.5. The fraction of sp³-hybridized carbons (Fsp3) is 0.647. The molecule has 1 aliphatic rings. The van der Waals surface area contributed by atoms with Crippen LogP contribution in [0, 0.1) is 0 Å². The van der Waals surface area contributed by atoms with E-state index in [9.17, 15) is 5.11 Å². The number of aliphatic hydroxyl groups is 1. The van der Waals surface area contributed by atoms with E-state index in [0.29, 0.717) is 30.8 Å². The summed E-state index contributed by atoms with van der Waals surface area (Å²) in [6.45, 7) is 1.84. The van der Waals surface area contributed by atoms with E-state index in [2.05, 4.69) is 5.32 Å². The standard InChI is InChI=1S/C17H27ClN2O2/c1-20(2)12-15(21)11-19-10-13-9-14(18)7-8-17(13)22-16-5-3-4-6-16/h7-9,15-16,19,21H,3-6,10-12H2,1-2H3. The summed E-state index contributed by atoms with van der Waals surface area (Å²) in [6, 6.07) is 5.77. The molecule has 0 aliphatic heterocycles. The van der Waals surface area contributed by atoms with E-state index in [1.165, 1.54) is 12.8 Å². The van der Waals surface area contributed by atoms with Crippen molar-refractivity contribution < 1.29 is 9.84 Å². The van der Waals surface area contributed by atoms with Crippen LogP contribution in [0.1, 0.15) is 31.2 Å². The lowest BCUT2D eigenvalue weighted by atomic mass is 10.2. The number of likely N-dealkylation sites (N-methyl/N-ethyl adjacent to an activating group) is 1. The molecule has 1 aromatic carbocycles. The molecule has 1 saturated carbocycles. The van der Waals surface area contributed by atoms with E-state index >= 15 is 0 Å². The van der Waals surface area contributed by atoms with Crippen molar-refractivity contribution in [1.29, 1.82) is 0 Å². The monoisotopic (exact) mass is 326 g/mol. The highest BCUT2D eigenvalue weighted by Gasteiger charge is 2.18. The van der Waals surface area contributed by atoms with Crippen molar-refractivity contribution in [2.45, 2.75) is 44.4 Å². The maximum Gasteiger partial charge on any atom is 0.124 e. The van der Waals surface area contributed by atoms with Gasteiger partial charge in [0.1, 0.15) is 5.75 Å². The average Bonchev–Trinajstić information content (AvgIpc) is 2.94. The summed E-state index contributed by atoms with van der Waals surface area (Å²) in [4.78, 5) is 1.97. The number of rotatable bonds is 8. The highest BCUT2D eigenvalue weighted by Crippen LogP contribution is 2.28. The molecule has 22 heavy (non-hydrogen) atoms. The Hall–Kier alpha value is -0.810. The summed E-state index contributed by atoms with van der Waals surface area (Å²) in [5.74, 6) is 0.908. The second-order valence-electron chi connectivity index (χ2n) is 6.32. The summed E-state index contributed by atoms with van der Waals surface area (Å²) < 4.78 is 6.11. The van der Waals surface area contributed by atoms with Gasteiger partial charge in [-0.2, -0.15) is 0 Å². The van der Waals surface area contributed by atoms with Gasteiger partial charge in [-0.3, -0.25) is 0 Å². The zero-order chi connectivity index (χ0) is 15.9. The smallest absolute Gasteiger partial charge is 0.124 e. The maximum atomic E-state index is 9.89. The van der Waals surface area contributed by atoms with Crippen molar-refractivity contribution in [3.05, 3.63) is 28.8 Å². The van der Waals surface area contributed by atoms with E-state index in [-0.39, 0.29) is 6.10 Å². The molecule has 0 saturated heterocycles. The molecular weight excluding hydrogens is 300 g/mol. The predicted molar refractivity (Wildman–Crippen MR) is 90.6 cm³/mol. The van der Waals surface area contributed by atoms with Gasteiger partial charge in [-0.1, -0.05) is 11.6 Å². The molecule has 1 atom stereocenters. The van der Waals surface area contributed by atoms with Crippen molar-refractivity contribution in [2.24, 2.45) is 0 Å². The Kier molecular flexibility index (Phi) is 6.96. The number of benzene rings is 1. The second kappa shape index (κ2) is 8.73. The molecule has 1 fully saturated rings. The topological polar surface area (TPSA) is 44.7 Å². The molecule has 124 valence electrons. The van der Waals surface area contributed by atoms with E-state index in [1.54, 1.807) is 0 Å². The van der Waals surface area contributed by atoms with Gasteiger partial charge in [0, 0.05) is 30.2 Å². The highest BCUT2D eigenvalue weighted by molar-refractivity contribution is 6.30. The van der Waals surface area contributed by atoms with E-state index in [4.69, 9.17) is 16.3 Å². The summed E-state index contributed by atoms with van der Waals surface area (Å²) in [6.07, 6.45) is 4.73. The first kappa shape index (κ1) is 17.5. The molecule has 0 spiro atoms. The molecule has 2 rings (SSSR count). The molecule has 0 radical (unpaired) electrons. The second-order valence-corrected chi connectivity index (χ2v) is 6.76. The van der Waals surface area contributed by atoms with Crippen LogP contribution in [0.4, 0.5) is 0 Å². The molecule has 1 unspecified atom stereocenters. The summed E-state index contributed by atoms with van der Waals surface area (Å²) >= 11 is 6.10. The Labute approximate surface area is 138 Å². The normalized spacial score (nSPS) is 17.1. The number of hydrogen-bond acceptors (Lipinski definition) is 4. The largest absolute Gasteiger partial charge is 0.490 e. The Morgan fingerprint density at radius 1 is 1.36 bits per heavy atom. The zero-order valence-corrected chi connectivity index (χ0v) is 14.3. The van der Waals surface area contributed by atoms with Gasteiger partial charge in [-0.25, -0.2) is 0 Å².